The fourth-order valence-electron chi connectivity index (χ4n) is 3.20. The Morgan fingerprint density at radius 2 is 1.75 bits per heavy atom. The zero-order chi connectivity index (χ0) is 23.1. The maximum Gasteiger partial charge on any atom is 0.258 e. The topological polar surface area (TPSA) is 111 Å². The molecule has 10 heteroatoms. The smallest absolute Gasteiger partial charge is 0.258 e. The highest BCUT2D eigenvalue weighted by Crippen LogP contribution is 2.31. The number of aromatic nitrogens is 2. The van der Waals surface area contributed by atoms with Crippen LogP contribution in [0.3, 0.4) is 0 Å². The summed E-state index contributed by atoms with van der Waals surface area (Å²) < 4.78 is 44.4. The maximum absolute atomic E-state index is 13.5. The van der Waals surface area contributed by atoms with E-state index in [1.165, 1.54) is 23.5 Å². The average molecular weight is 462 g/mol. The molecule has 0 fully saturated rings. The minimum atomic E-state index is -3.95. The minimum absolute atomic E-state index is 0.0450. The molecule has 32 heavy (non-hydrogen) atoms. The van der Waals surface area contributed by atoms with Gasteiger partial charge in [-0.1, -0.05) is 12.1 Å². The second-order valence-electron chi connectivity index (χ2n) is 6.84. The van der Waals surface area contributed by atoms with Crippen molar-refractivity contribution in [1.29, 1.82) is 0 Å². The lowest BCUT2D eigenvalue weighted by Gasteiger charge is -2.22. The number of nitrogens with one attached hydrogen (secondary N) is 1. The van der Waals surface area contributed by atoms with E-state index >= 15 is 0 Å². The molecule has 0 unspecified atom stereocenters. The third-order valence-electron chi connectivity index (χ3n) is 4.69. The van der Waals surface area contributed by atoms with Gasteiger partial charge in [0.15, 0.2) is 11.5 Å². The zero-order valence-electron chi connectivity index (χ0n) is 18.3. The van der Waals surface area contributed by atoms with Crippen LogP contribution < -0.4 is 15.0 Å². The summed E-state index contributed by atoms with van der Waals surface area (Å²) in [5.41, 5.74) is 0.171. The Kier molecular flexibility index (Phi) is 7.84. The summed E-state index contributed by atoms with van der Waals surface area (Å²) in [5, 5.41) is 0.440. The molecule has 2 aromatic carbocycles. The summed E-state index contributed by atoms with van der Waals surface area (Å²) in [6, 6.07) is 11.4. The number of hydrogen-bond donors (Lipinski definition) is 1. The van der Waals surface area contributed by atoms with Crippen molar-refractivity contribution < 1.29 is 22.6 Å². The lowest BCUT2D eigenvalue weighted by atomic mass is 10.2. The minimum Gasteiger partial charge on any atom is -0.490 e. The molecule has 0 aliphatic carbocycles. The van der Waals surface area contributed by atoms with Crippen molar-refractivity contribution in [3.8, 4) is 11.5 Å². The number of hydrogen-bond acceptors (Lipinski definition) is 7. The fraction of sp³-hybridized carbons (Fsp3) is 0.364. The summed E-state index contributed by atoms with van der Waals surface area (Å²) in [6.07, 6.45) is 0. The SMILES string of the molecule is CCOc1ccc(S(=O)(=O)N(CCOC)Cc2nc3ccccc3c(=O)[nH]2)cc1OCC. The molecular formula is C22H27N3O6S. The first-order valence-electron chi connectivity index (χ1n) is 10.3. The number of benzene rings is 2. The molecule has 172 valence electrons. The highest BCUT2D eigenvalue weighted by atomic mass is 32.2. The van der Waals surface area contributed by atoms with Gasteiger partial charge in [-0.2, -0.15) is 4.31 Å². The zero-order valence-corrected chi connectivity index (χ0v) is 19.1. The molecule has 0 saturated carbocycles. The van der Waals surface area contributed by atoms with Gasteiger partial charge in [-0.3, -0.25) is 4.79 Å². The molecule has 0 amide bonds. The Morgan fingerprint density at radius 3 is 2.47 bits per heavy atom. The highest BCUT2D eigenvalue weighted by molar-refractivity contribution is 7.89. The van der Waals surface area contributed by atoms with Crippen LogP contribution >= 0.6 is 0 Å². The van der Waals surface area contributed by atoms with Crippen LogP contribution in [0.5, 0.6) is 11.5 Å². The highest BCUT2D eigenvalue weighted by Gasteiger charge is 2.27. The molecular weight excluding hydrogens is 434 g/mol. The summed E-state index contributed by atoms with van der Waals surface area (Å²) in [5.74, 6) is 1.06. The van der Waals surface area contributed by atoms with Gasteiger partial charge in [0, 0.05) is 19.7 Å². The van der Waals surface area contributed by atoms with E-state index in [1.54, 1.807) is 30.3 Å². The van der Waals surface area contributed by atoms with Crippen molar-refractivity contribution in [2.45, 2.75) is 25.3 Å². The Labute approximate surface area is 187 Å². The number of ether oxygens (including phenoxy) is 3. The molecule has 1 heterocycles. The molecule has 0 spiro atoms. The molecule has 1 aromatic heterocycles. The van der Waals surface area contributed by atoms with Crippen molar-refractivity contribution in [3.05, 3.63) is 58.6 Å². The second kappa shape index (κ2) is 10.6. The standard InChI is InChI=1S/C22H27N3O6S/c1-4-30-19-11-10-16(14-20(19)31-5-2)32(27,28)25(12-13-29-3)15-21-23-18-9-7-6-8-17(18)22(26)24-21/h6-11,14H,4-5,12-13,15H2,1-3H3,(H,23,24,26). The molecule has 3 rings (SSSR count). The van der Waals surface area contributed by atoms with Crippen LogP contribution in [0.2, 0.25) is 0 Å². The number of methoxy groups -OCH3 is 1. The van der Waals surface area contributed by atoms with Crippen LogP contribution in [0.4, 0.5) is 0 Å². The molecule has 0 saturated heterocycles. The van der Waals surface area contributed by atoms with Gasteiger partial charge in [-0.15, -0.1) is 0 Å². The predicted octanol–water partition coefficient (Wildman–Crippen LogP) is 2.56. The van der Waals surface area contributed by atoms with Crippen LogP contribution in [0.1, 0.15) is 19.7 Å². The van der Waals surface area contributed by atoms with Crippen molar-refractivity contribution in [3.63, 3.8) is 0 Å². The number of nitrogens with zero attached hydrogens (tertiary/aromatic N) is 2. The van der Waals surface area contributed by atoms with Gasteiger partial charge in [0.05, 0.1) is 42.2 Å². The van der Waals surface area contributed by atoms with Crippen LogP contribution in [0.15, 0.2) is 52.2 Å². The van der Waals surface area contributed by atoms with Gasteiger partial charge in [0.1, 0.15) is 5.82 Å². The van der Waals surface area contributed by atoms with Crippen molar-refractivity contribution >= 4 is 20.9 Å². The number of para-hydroxylation sites is 1. The van der Waals surface area contributed by atoms with E-state index < -0.39 is 10.0 Å². The normalized spacial score (nSPS) is 11.8. The molecule has 3 aromatic rings. The number of aromatic amines is 1. The number of H-pyrrole nitrogens is 1. The first kappa shape index (κ1) is 23.7. The van der Waals surface area contributed by atoms with Gasteiger partial charge < -0.3 is 19.2 Å². The van der Waals surface area contributed by atoms with Gasteiger partial charge in [0.25, 0.3) is 5.56 Å². The second-order valence-corrected chi connectivity index (χ2v) is 8.77. The molecule has 0 atom stereocenters. The molecule has 0 bridgehead atoms. The molecule has 0 aliphatic rings. The van der Waals surface area contributed by atoms with E-state index in [0.717, 1.165) is 0 Å². The van der Waals surface area contributed by atoms with E-state index in [2.05, 4.69) is 9.97 Å². The van der Waals surface area contributed by atoms with Gasteiger partial charge >= 0.3 is 0 Å². The Morgan fingerprint density at radius 1 is 1.03 bits per heavy atom. The lowest BCUT2D eigenvalue weighted by Crippen LogP contribution is -2.34. The van der Waals surface area contributed by atoms with E-state index in [1.807, 2.05) is 13.8 Å². The number of rotatable bonds is 11. The van der Waals surface area contributed by atoms with Crippen molar-refractivity contribution in [2.24, 2.45) is 0 Å². The molecule has 0 aliphatic heterocycles. The third kappa shape index (κ3) is 5.26. The summed E-state index contributed by atoms with van der Waals surface area (Å²) in [7, 11) is -2.46. The summed E-state index contributed by atoms with van der Waals surface area (Å²) in [6.45, 7) is 4.56. The van der Waals surface area contributed by atoms with Gasteiger partial charge in [0.2, 0.25) is 10.0 Å². The van der Waals surface area contributed by atoms with E-state index in [0.29, 0.717) is 35.6 Å². The Bertz CT molecular complexity index is 1230. The third-order valence-corrected chi connectivity index (χ3v) is 6.53. The number of sulfonamides is 1. The summed E-state index contributed by atoms with van der Waals surface area (Å²) in [4.78, 5) is 19.6. The maximum atomic E-state index is 13.5. The van der Waals surface area contributed by atoms with Gasteiger partial charge in [-0.05, 0) is 38.1 Å². The Hall–Kier alpha value is -2.95. The van der Waals surface area contributed by atoms with E-state index in [-0.39, 0.29) is 36.0 Å². The van der Waals surface area contributed by atoms with Crippen LogP contribution in [-0.2, 0) is 21.3 Å². The van der Waals surface area contributed by atoms with Crippen molar-refractivity contribution in [1.82, 2.24) is 14.3 Å². The first-order valence-corrected chi connectivity index (χ1v) is 11.7. The van der Waals surface area contributed by atoms with Crippen LogP contribution in [0.25, 0.3) is 10.9 Å². The van der Waals surface area contributed by atoms with Crippen LogP contribution in [0, 0.1) is 0 Å². The first-order chi connectivity index (χ1) is 15.4. The fourth-order valence-corrected chi connectivity index (χ4v) is 4.60. The summed E-state index contributed by atoms with van der Waals surface area (Å²) >= 11 is 0. The van der Waals surface area contributed by atoms with E-state index in [4.69, 9.17) is 14.2 Å². The number of fused-ring (bicyclic) bond motifs is 1. The Balaban J connectivity index is 1.99. The monoisotopic (exact) mass is 461 g/mol. The molecule has 9 nitrogen and oxygen atoms in total. The molecule has 0 radical (unpaired) electrons. The quantitative estimate of drug-likeness (QED) is 0.467. The predicted molar refractivity (Wildman–Crippen MR) is 121 cm³/mol. The lowest BCUT2D eigenvalue weighted by molar-refractivity contribution is 0.176. The van der Waals surface area contributed by atoms with Crippen LogP contribution in [-0.4, -0.2) is 56.2 Å². The van der Waals surface area contributed by atoms with Gasteiger partial charge in [-0.25, -0.2) is 13.4 Å². The van der Waals surface area contributed by atoms with Crippen molar-refractivity contribution in [2.75, 3.05) is 33.5 Å². The van der Waals surface area contributed by atoms with E-state index in [9.17, 15) is 13.2 Å². The molecule has 1 N–H and O–H groups in total. The average Bonchev–Trinajstić information content (AvgIpc) is 2.78. The largest absolute Gasteiger partial charge is 0.490 e.